The molecule has 1 N–H and O–H groups in total. The van der Waals surface area contributed by atoms with E-state index in [-0.39, 0.29) is 0 Å². The predicted octanol–water partition coefficient (Wildman–Crippen LogP) is 3.61. The Bertz CT molecular complexity index is 326. The molecule has 84 valence electrons. The minimum Gasteiger partial charge on any atom is -0.282 e. The van der Waals surface area contributed by atoms with Crippen molar-refractivity contribution in [3.05, 3.63) is 17.0 Å². The molecule has 0 saturated heterocycles. The second-order valence-electron chi connectivity index (χ2n) is 4.93. The van der Waals surface area contributed by atoms with E-state index in [9.17, 15) is 0 Å². The van der Waals surface area contributed by atoms with E-state index in [1.807, 2.05) is 0 Å². The molecule has 0 aliphatic heterocycles. The first-order valence-electron chi connectivity index (χ1n) is 5.84. The average molecular weight is 227 g/mol. The van der Waals surface area contributed by atoms with Crippen molar-refractivity contribution in [2.45, 2.75) is 51.3 Å². The Hall–Kier alpha value is -0.500. The summed E-state index contributed by atoms with van der Waals surface area (Å²) in [5.74, 6) is 1.93. The van der Waals surface area contributed by atoms with Gasteiger partial charge in [-0.2, -0.15) is 5.10 Å². The van der Waals surface area contributed by atoms with Gasteiger partial charge in [-0.15, -0.1) is 11.6 Å². The van der Waals surface area contributed by atoms with Crippen LogP contribution in [-0.4, -0.2) is 10.2 Å². The standard InChI is InChI=1S/C12H19ClN2/c1-8(2)6-11-10(7-13)12(15-14-11)9-4-3-5-9/h8-9H,3-7H2,1-2H3,(H,14,15). The average Bonchev–Trinajstić information content (AvgIpc) is 2.44. The van der Waals surface area contributed by atoms with Crippen molar-refractivity contribution in [2.75, 3.05) is 0 Å². The number of nitrogens with one attached hydrogen (secondary N) is 1. The maximum atomic E-state index is 6.03. The third kappa shape index (κ3) is 2.20. The predicted molar refractivity (Wildman–Crippen MR) is 63.3 cm³/mol. The topological polar surface area (TPSA) is 28.7 Å². The molecule has 0 radical (unpaired) electrons. The van der Waals surface area contributed by atoms with Crippen molar-refractivity contribution in [3.8, 4) is 0 Å². The van der Waals surface area contributed by atoms with Crippen LogP contribution in [0.5, 0.6) is 0 Å². The summed E-state index contributed by atoms with van der Waals surface area (Å²) in [6.07, 6.45) is 4.98. The molecule has 2 rings (SSSR count). The summed E-state index contributed by atoms with van der Waals surface area (Å²) in [7, 11) is 0. The second-order valence-corrected chi connectivity index (χ2v) is 5.19. The van der Waals surface area contributed by atoms with E-state index < -0.39 is 0 Å². The second kappa shape index (κ2) is 4.56. The number of H-pyrrole nitrogens is 1. The van der Waals surface area contributed by atoms with Gasteiger partial charge in [0.15, 0.2) is 0 Å². The number of aromatic nitrogens is 2. The van der Waals surface area contributed by atoms with Crippen molar-refractivity contribution >= 4 is 11.6 Å². The molecule has 1 aliphatic rings. The SMILES string of the molecule is CC(C)Cc1[nH]nc(C2CCC2)c1CCl. The largest absolute Gasteiger partial charge is 0.282 e. The molecule has 0 aromatic carbocycles. The summed E-state index contributed by atoms with van der Waals surface area (Å²) >= 11 is 6.03. The fourth-order valence-electron chi connectivity index (χ4n) is 2.16. The lowest BCUT2D eigenvalue weighted by Gasteiger charge is -2.24. The summed E-state index contributed by atoms with van der Waals surface area (Å²) in [6, 6.07) is 0. The number of hydrogen-bond donors (Lipinski definition) is 1. The molecule has 1 saturated carbocycles. The molecule has 0 atom stereocenters. The molecule has 2 nitrogen and oxygen atoms in total. The molecule has 0 amide bonds. The van der Waals surface area contributed by atoms with E-state index in [2.05, 4.69) is 24.0 Å². The highest BCUT2D eigenvalue weighted by molar-refractivity contribution is 6.17. The number of alkyl halides is 1. The van der Waals surface area contributed by atoms with Crippen LogP contribution in [0.2, 0.25) is 0 Å². The van der Waals surface area contributed by atoms with Gasteiger partial charge >= 0.3 is 0 Å². The Morgan fingerprint density at radius 3 is 2.67 bits per heavy atom. The molecular formula is C12H19ClN2. The zero-order valence-corrected chi connectivity index (χ0v) is 10.3. The molecule has 1 aliphatic carbocycles. The minimum atomic E-state index is 0.602. The van der Waals surface area contributed by atoms with Crippen molar-refractivity contribution < 1.29 is 0 Å². The van der Waals surface area contributed by atoms with Gasteiger partial charge in [0.2, 0.25) is 0 Å². The highest BCUT2D eigenvalue weighted by atomic mass is 35.5. The lowest BCUT2D eigenvalue weighted by molar-refractivity contribution is 0.409. The first-order valence-corrected chi connectivity index (χ1v) is 6.37. The summed E-state index contributed by atoms with van der Waals surface area (Å²) in [5.41, 5.74) is 3.77. The van der Waals surface area contributed by atoms with Crippen LogP contribution in [0, 0.1) is 5.92 Å². The summed E-state index contributed by atoms with van der Waals surface area (Å²) in [6.45, 7) is 4.45. The van der Waals surface area contributed by atoms with E-state index >= 15 is 0 Å². The molecule has 15 heavy (non-hydrogen) atoms. The molecule has 1 fully saturated rings. The highest BCUT2D eigenvalue weighted by Crippen LogP contribution is 2.38. The van der Waals surface area contributed by atoms with Crippen LogP contribution in [-0.2, 0) is 12.3 Å². The lowest BCUT2D eigenvalue weighted by Crippen LogP contribution is -2.11. The maximum Gasteiger partial charge on any atom is 0.0699 e. The van der Waals surface area contributed by atoms with Gasteiger partial charge in [0, 0.05) is 17.2 Å². The van der Waals surface area contributed by atoms with Gasteiger partial charge in [-0.25, -0.2) is 0 Å². The van der Waals surface area contributed by atoms with Crippen LogP contribution in [0.4, 0.5) is 0 Å². The Morgan fingerprint density at radius 1 is 1.47 bits per heavy atom. The van der Waals surface area contributed by atoms with Crippen molar-refractivity contribution in [1.82, 2.24) is 10.2 Å². The third-order valence-electron chi connectivity index (χ3n) is 3.22. The first-order chi connectivity index (χ1) is 7.22. The van der Waals surface area contributed by atoms with E-state index in [4.69, 9.17) is 11.6 Å². The van der Waals surface area contributed by atoms with Crippen molar-refractivity contribution in [3.63, 3.8) is 0 Å². The molecule has 1 aromatic heterocycles. The monoisotopic (exact) mass is 226 g/mol. The van der Waals surface area contributed by atoms with Gasteiger partial charge < -0.3 is 0 Å². The van der Waals surface area contributed by atoms with Crippen molar-refractivity contribution in [2.24, 2.45) is 5.92 Å². The number of nitrogens with zero attached hydrogens (tertiary/aromatic N) is 1. The minimum absolute atomic E-state index is 0.602. The molecule has 0 bridgehead atoms. The fourth-order valence-corrected chi connectivity index (χ4v) is 2.46. The molecule has 0 spiro atoms. The van der Waals surface area contributed by atoms with E-state index in [1.165, 1.54) is 36.2 Å². The smallest absolute Gasteiger partial charge is 0.0699 e. The summed E-state index contributed by atoms with van der Waals surface area (Å²) < 4.78 is 0. The summed E-state index contributed by atoms with van der Waals surface area (Å²) in [4.78, 5) is 0. The van der Waals surface area contributed by atoms with Gasteiger partial charge in [0.1, 0.15) is 0 Å². The highest BCUT2D eigenvalue weighted by Gasteiger charge is 2.26. The van der Waals surface area contributed by atoms with Gasteiger partial charge in [0.05, 0.1) is 11.6 Å². The molecule has 0 unspecified atom stereocenters. The number of halogens is 1. The van der Waals surface area contributed by atoms with Crippen LogP contribution in [0.3, 0.4) is 0 Å². The van der Waals surface area contributed by atoms with Gasteiger partial charge in [-0.05, 0) is 25.2 Å². The lowest BCUT2D eigenvalue weighted by atomic mass is 9.81. The van der Waals surface area contributed by atoms with Gasteiger partial charge in [-0.3, -0.25) is 5.10 Å². The molecule has 1 aromatic rings. The molecular weight excluding hydrogens is 208 g/mol. The van der Waals surface area contributed by atoms with Crippen LogP contribution in [0.1, 0.15) is 56.0 Å². The maximum absolute atomic E-state index is 6.03. The van der Waals surface area contributed by atoms with Crippen LogP contribution in [0.15, 0.2) is 0 Å². The van der Waals surface area contributed by atoms with E-state index in [0.29, 0.717) is 17.7 Å². The summed E-state index contributed by atoms with van der Waals surface area (Å²) in [5, 5.41) is 7.62. The third-order valence-corrected chi connectivity index (χ3v) is 3.49. The van der Waals surface area contributed by atoms with E-state index in [1.54, 1.807) is 0 Å². The zero-order valence-electron chi connectivity index (χ0n) is 9.52. The number of aromatic amines is 1. The van der Waals surface area contributed by atoms with Crippen LogP contribution >= 0.6 is 11.6 Å². The van der Waals surface area contributed by atoms with Crippen LogP contribution in [0.25, 0.3) is 0 Å². The van der Waals surface area contributed by atoms with E-state index in [0.717, 1.165) is 6.42 Å². The Morgan fingerprint density at radius 2 is 2.20 bits per heavy atom. The normalized spacial score (nSPS) is 17.1. The number of hydrogen-bond acceptors (Lipinski definition) is 1. The Balaban J connectivity index is 2.20. The number of rotatable bonds is 4. The first kappa shape index (κ1) is 11.0. The van der Waals surface area contributed by atoms with Crippen LogP contribution < -0.4 is 0 Å². The van der Waals surface area contributed by atoms with Gasteiger partial charge in [-0.1, -0.05) is 20.3 Å². The molecule has 1 heterocycles. The molecule has 3 heteroatoms. The quantitative estimate of drug-likeness (QED) is 0.781. The zero-order chi connectivity index (χ0) is 10.8. The fraction of sp³-hybridized carbons (Fsp3) is 0.750. The van der Waals surface area contributed by atoms with Crippen molar-refractivity contribution in [1.29, 1.82) is 0 Å². The Kier molecular flexibility index (Phi) is 3.35. The Labute approximate surface area is 96.4 Å². The van der Waals surface area contributed by atoms with Gasteiger partial charge in [0.25, 0.3) is 0 Å².